The van der Waals surface area contributed by atoms with E-state index in [2.05, 4.69) is 46.8 Å². The van der Waals surface area contributed by atoms with Gasteiger partial charge in [-0.15, -0.1) is 0 Å². The van der Waals surface area contributed by atoms with Crippen LogP contribution in [0.2, 0.25) is 0 Å². The molecule has 0 N–H and O–H groups in total. The van der Waals surface area contributed by atoms with Gasteiger partial charge < -0.3 is 0 Å². The summed E-state index contributed by atoms with van der Waals surface area (Å²) >= 11 is 0. The molecule has 1 atom stereocenters. The molecule has 1 aliphatic rings. The van der Waals surface area contributed by atoms with Crippen molar-refractivity contribution in [2.24, 2.45) is 17.3 Å². The van der Waals surface area contributed by atoms with Crippen molar-refractivity contribution in [1.82, 2.24) is 0 Å². The second-order valence-corrected chi connectivity index (χ2v) is 7.92. The summed E-state index contributed by atoms with van der Waals surface area (Å²) in [5, 5.41) is 37.6. The first-order valence-electron chi connectivity index (χ1n) is 10.1. The van der Waals surface area contributed by atoms with Gasteiger partial charge in [0.25, 0.3) is 0 Å². The molecule has 150 valence electrons. The highest BCUT2D eigenvalue weighted by Crippen LogP contribution is 2.36. The van der Waals surface area contributed by atoms with Crippen molar-refractivity contribution in [1.29, 1.82) is 21.0 Å². The van der Waals surface area contributed by atoms with Crippen LogP contribution in [-0.2, 0) is 0 Å². The van der Waals surface area contributed by atoms with E-state index in [4.69, 9.17) is 10.5 Å². The van der Waals surface area contributed by atoms with Gasteiger partial charge in [-0.25, -0.2) is 0 Å². The van der Waals surface area contributed by atoms with E-state index in [1.807, 2.05) is 24.3 Å². The van der Waals surface area contributed by atoms with Crippen molar-refractivity contribution in [3.8, 4) is 24.3 Å². The number of nitriles is 4. The smallest absolute Gasteiger partial charge is 0.157 e. The molecule has 0 radical (unpaired) electrons. The fraction of sp³-hybridized carbons (Fsp3) is 0.520. The molecule has 0 amide bonds. The molecule has 0 aromatic heterocycles. The number of hydrogen-bond donors (Lipinski definition) is 0. The summed E-state index contributed by atoms with van der Waals surface area (Å²) in [5.41, 5.74) is 4.78. The molecular weight excluding hydrogens is 356 g/mol. The molecule has 29 heavy (non-hydrogen) atoms. The minimum Gasteiger partial charge on any atom is -0.197 e. The maximum atomic E-state index is 9.79. The van der Waals surface area contributed by atoms with Crippen LogP contribution in [0.5, 0.6) is 0 Å². The lowest BCUT2D eigenvalue weighted by atomic mass is 9.74. The van der Waals surface area contributed by atoms with Crippen molar-refractivity contribution in [3.63, 3.8) is 0 Å². The van der Waals surface area contributed by atoms with Gasteiger partial charge in [-0.05, 0) is 82.4 Å². The van der Waals surface area contributed by atoms with Gasteiger partial charge in [0.2, 0.25) is 0 Å². The van der Waals surface area contributed by atoms with Gasteiger partial charge in [0.1, 0.15) is 5.41 Å². The molecule has 0 aromatic carbocycles. The van der Waals surface area contributed by atoms with Crippen molar-refractivity contribution in [3.05, 3.63) is 46.1 Å². The van der Waals surface area contributed by atoms with E-state index in [-0.39, 0.29) is 5.92 Å². The highest BCUT2D eigenvalue weighted by Gasteiger charge is 2.33. The predicted molar refractivity (Wildman–Crippen MR) is 115 cm³/mol. The molecule has 0 saturated carbocycles. The molecular formula is C25H30N4. The molecule has 4 heteroatoms. The van der Waals surface area contributed by atoms with E-state index in [1.165, 1.54) is 22.3 Å². The number of nitrogens with zero attached hydrogens (tertiary/aromatic N) is 4. The number of hydrogen-bond acceptors (Lipinski definition) is 4. The number of allylic oxidation sites excluding steroid dienone is 8. The molecule has 4 nitrogen and oxygen atoms in total. The Kier molecular flexibility index (Phi) is 9.13. The van der Waals surface area contributed by atoms with E-state index in [1.54, 1.807) is 6.08 Å². The second kappa shape index (κ2) is 11.1. The minimum atomic E-state index is -1.04. The first-order chi connectivity index (χ1) is 13.8. The summed E-state index contributed by atoms with van der Waals surface area (Å²) in [5.74, 6) is -0.701. The average molecular weight is 387 g/mol. The first-order valence-corrected chi connectivity index (χ1v) is 10.1. The van der Waals surface area contributed by atoms with Crippen LogP contribution in [0.1, 0.15) is 66.7 Å². The van der Waals surface area contributed by atoms with Crippen LogP contribution in [0.3, 0.4) is 0 Å². The number of rotatable bonds is 8. The summed E-state index contributed by atoms with van der Waals surface area (Å²) in [6.07, 6.45) is 8.94. The van der Waals surface area contributed by atoms with Crippen molar-refractivity contribution in [2.75, 3.05) is 0 Å². The van der Waals surface area contributed by atoms with Gasteiger partial charge >= 0.3 is 0 Å². The highest BCUT2D eigenvalue weighted by atomic mass is 14.4. The lowest BCUT2D eigenvalue weighted by molar-refractivity contribution is 0.377. The third-order valence-corrected chi connectivity index (χ3v) is 6.15. The predicted octanol–water partition coefficient (Wildman–Crippen LogP) is 6.44. The fourth-order valence-corrected chi connectivity index (χ4v) is 3.50. The van der Waals surface area contributed by atoms with E-state index >= 15 is 0 Å². The molecule has 0 fully saturated rings. The van der Waals surface area contributed by atoms with Gasteiger partial charge in [0.05, 0.1) is 24.3 Å². The Morgan fingerprint density at radius 2 is 1.62 bits per heavy atom. The molecule has 0 aromatic rings. The Labute approximate surface area is 175 Å². The van der Waals surface area contributed by atoms with Crippen LogP contribution in [0, 0.1) is 62.6 Å². The Bertz CT molecular complexity index is 872. The van der Waals surface area contributed by atoms with Gasteiger partial charge in [-0.2, -0.15) is 21.0 Å². The maximum Gasteiger partial charge on any atom is 0.157 e. The molecule has 0 saturated heterocycles. The molecule has 1 rings (SSSR count). The van der Waals surface area contributed by atoms with Crippen molar-refractivity contribution in [2.45, 2.75) is 66.7 Å². The van der Waals surface area contributed by atoms with E-state index in [9.17, 15) is 10.5 Å². The molecule has 0 spiro atoms. The standard InChI is InChI=1S/C25H30N4/c1-6-18(2)20(4)21(5)19(3)11-12-25(16-28,17-29)13-22-7-9-23(10-8-22)24(14-26)15-27/h7,9-10,22,24H,6,8,11-13H2,1-5H3/b20-18-,21-19-. The Morgan fingerprint density at radius 3 is 2.07 bits per heavy atom. The molecule has 0 bridgehead atoms. The SMILES string of the molecule is CC/C(C)=C(C)\C(C)=C(\C)CCC(C#N)(C#N)CC1C=CC(C(C#N)C#N)=CC1. The maximum absolute atomic E-state index is 9.79. The van der Waals surface area contributed by atoms with Crippen LogP contribution in [0.15, 0.2) is 46.1 Å². The summed E-state index contributed by atoms with van der Waals surface area (Å²) in [6.45, 7) is 10.6. The zero-order valence-electron chi connectivity index (χ0n) is 18.2. The van der Waals surface area contributed by atoms with E-state index < -0.39 is 11.3 Å². The third kappa shape index (κ3) is 6.21. The summed E-state index contributed by atoms with van der Waals surface area (Å²) in [6, 6.07) is 8.50. The zero-order valence-corrected chi connectivity index (χ0v) is 18.2. The van der Waals surface area contributed by atoms with Gasteiger partial charge in [-0.3, -0.25) is 0 Å². The first kappa shape index (κ1) is 24.0. The third-order valence-electron chi connectivity index (χ3n) is 6.15. The minimum absolute atomic E-state index is 0.0606. The van der Waals surface area contributed by atoms with E-state index in [0.717, 1.165) is 6.42 Å². The Balaban J connectivity index is 2.90. The molecule has 1 aliphatic carbocycles. The quantitative estimate of drug-likeness (QED) is 0.448. The lowest BCUT2D eigenvalue weighted by Crippen LogP contribution is -2.21. The molecule has 1 unspecified atom stereocenters. The topological polar surface area (TPSA) is 95.2 Å². The van der Waals surface area contributed by atoms with Crippen molar-refractivity contribution < 1.29 is 0 Å². The molecule has 0 heterocycles. The lowest BCUT2D eigenvalue weighted by Gasteiger charge is -2.25. The largest absolute Gasteiger partial charge is 0.197 e. The summed E-state index contributed by atoms with van der Waals surface area (Å²) in [4.78, 5) is 0. The van der Waals surface area contributed by atoms with Gasteiger partial charge in [0, 0.05) is 0 Å². The summed E-state index contributed by atoms with van der Waals surface area (Å²) in [7, 11) is 0. The van der Waals surface area contributed by atoms with Crippen LogP contribution >= 0.6 is 0 Å². The fourth-order valence-electron chi connectivity index (χ4n) is 3.50. The van der Waals surface area contributed by atoms with Crippen molar-refractivity contribution >= 4 is 0 Å². The van der Waals surface area contributed by atoms with Gasteiger partial charge in [-0.1, -0.05) is 36.3 Å². The van der Waals surface area contributed by atoms with Crippen LogP contribution in [0.4, 0.5) is 0 Å². The monoisotopic (exact) mass is 386 g/mol. The van der Waals surface area contributed by atoms with E-state index in [0.29, 0.717) is 31.3 Å². The van der Waals surface area contributed by atoms with Gasteiger partial charge in [0.15, 0.2) is 5.92 Å². The zero-order chi connectivity index (χ0) is 22.0. The van der Waals surface area contributed by atoms with Crippen LogP contribution in [0.25, 0.3) is 0 Å². The average Bonchev–Trinajstić information content (AvgIpc) is 2.76. The normalized spacial score (nSPS) is 17.9. The second-order valence-electron chi connectivity index (χ2n) is 7.92. The Hall–Kier alpha value is -3.08. The summed E-state index contributed by atoms with van der Waals surface area (Å²) < 4.78 is 0. The molecule has 0 aliphatic heterocycles. The van der Waals surface area contributed by atoms with Crippen LogP contribution < -0.4 is 0 Å². The highest BCUT2D eigenvalue weighted by molar-refractivity contribution is 5.36. The van der Waals surface area contributed by atoms with Crippen LogP contribution in [-0.4, -0.2) is 0 Å². The Morgan fingerprint density at radius 1 is 1.03 bits per heavy atom.